The van der Waals surface area contributed by atoms with E-state index in [1.807, 2.05) is 0 Å². The summed E-state index contributed by atoms with van der Waals surface area (Å²) in [6.45, 7) is 3.92. The summed E-state index contributed by atoms with van der Waals surface area (Å²) in [4.78, 5) is 23.6. The van der Waals surface area contributed by atoms with Crippen LogP contribution in [0.4, 0.5) is 4.79 Å². The maximum absolute atomic E-state index is 12.5. The number of nitrogens with zero attached hydrogens (tertiary/aromatic N) is 1. The molecule has 0 saturated heterocycles. The van der Waals surface area contributed by atoms with Gasteiger partial charge in [0, 0.05) is 12.2 Å². The van der Waals surface area contributed by atoms with Gasteiger partial charge in [-0.2, -0.15) is 0 Å². The molecule has 2 N–H and O–H groups in total. The van der Waals surface area contributed by atoms with Crippen LogP contribution in [0.2, 0.25) is 0 Å². The van der Waals surface area contributed by atoms with Crippen molar-refractivity contribution >= 4 is 25.7 Å². The number of carboxylic acid groups (broad SMARTS) is 2. The van der Waals surface area contributed by atoms with Crippen LogP contribution in [0, 0.1) is 0 Å². The SMILES string of the molecule is CCOP(=O)(/C=C/c1ccc2c(c1)CN(C(=O)O)C(C(=O)O)C2)OCC. The summed E-state index contributed by atoms with van der Waals surface area (Å²) in [7, 11) is -3.33. The van der Waals surface area contributed by atoms with Crippen molar-refractivity contribution in [2.75, 3.05) is 13.2 Å². The van der Waals surface area contributed by atoms with Gasteiger partial charge in [0.2, 0.25) is 0 Å². The molecular weight excluding hydrogens is 361 g/mol. The third-order valence-corrected chi connectivity index (χ3v) is 5.71. The van der Waals surface area contributed by atoms with Gasteiger partial charge in [-0.15, -0.1) is 0 Å². The van der Waals surface area contributed by atoms with Gasteiger partial charge in [-0.3, -0.25) is 9.46 Å². The highest BCUT2D eigenvalue weighted by Gasteiger charge is 2.34. The lowest BCUT2D eigenvalue weighted by atomic mass is 9.93. The summed E-state index contributed by atoms with van der Waals surface area (Å²) < 4.78 is 22.8. The number of benzene rings is 1. The van der Waals surface area contributed by atoms with E-state index >= 15 is 0 Å². The zero-order valence-corrected chi connectivity index (χ0v) is 15.5. The Balaban J connectivity index is 2.27. The van der Waals surface area contributed by atoms with E-state index in [-0.39, 0.29) is 26.2 Å². The highest BCUT2D eigenvalue weighted by atomic mass is 31.2. The maximum Gasteiger partial charge on any atom is 0.408 e. The normalized spacial score (nSPS) is 17.3. The lowest BCUT2D eigenvalue weighted by Gasteiger charge is -2.32. The fourth-order valence-corrected chi connectivity index (χ4v) is 4.11. The smallest absolute Gasteiger partial charge is 0.408 e. The molecule has 1 aromatic rings. The first-order valence-electron chi connectivity index (χ1n) is 8.22. The summed E-state index contributed by atoms with van der Waals surface area (Å²) >= 11 is 0. The van der Waals surface area contributed by atoms with E-state index in [9.17, 15) is 24.4 Å². The number of rotatable bonds is 7. The Hall–Kier alpha value is -2.15. The van der Waals surface area contributed by atoms with Crippen LogP contribution in [0.3, 0.4) is 0 Å². The molecule has 0 fully saturated rings. The molecule has 2 rings (SSSR count). The number of aliphatic carboxylic acids is 1. The monoisotopic (exact) mass is 383 g/mol. The molecule has 1 heterocycles. The number of hydrogen-bond acceptors (Lipinski definition) is 5. The lowest BCUT2D eigenvalue weighted by Crippen LogP contribution is -2.48. The number of carboxylic acids is 1. The summed E-state index contributed by atoms with van der Waals surface area (Å²) in [5, 5.41) is 18.5. The molecule has 1 atom stereocenters. The Morgan fingerprint density at radius 3 is 2.42 bits per heavy atom. The van der Waals surface area contributed by atoms with Crippen molar-refractivity contribution < 1.29 is 33.4 Å². The highest BCUT2D eigenvalue weighted by Crippen LogP contribution is 2.50. The topological polar surface area (TPSA) is 113 Å². The summed E-state index contributed by atoms with van der Waals surface area (Å²) in [5.41, 5.74) is 2.20. The van der Waals surface area contributed by atoms with Gasteiger partial charge in [-0.25, -0.2) is 9.59 Å². The molecule has 0 aliphatic carbocycles. The first kappa shape index (κ1) is 20.2. The summed E-state index contributed by atoms with van der Waals surface area (Å²) in [6, 6.07) is 4.17. The average molecular weight is 383 g/mol. The third-order valence-electron chi connectivity index (χ3n) is 3.96. The predicted molar refractivity (Wildman–Crippen MR) is 95.0 cm³/mol. The van der Waals surface area contributed by atoms with E-state index in [0.29, 0.717) is 5.56 Å². The van der Waals surface area contributed by atoms with Crippen molar-refractivity contribution in [3.63, 3.8) is 0 Å². The minimum atomic E-state index is -3.33. The molecule has 0 aromatic heterocycles. The van der Waals surface area contributed by atoms with Crippen LogP contribution >= 0.6 is 7.60 Å². The molecular formula is C17H22NO7P. The predicted octanol–water partition coefficient (Wildman–Crippen LogP) is 3.41. The van der Waals surface area contributed by atoms with Crippen molar-refractivity contribution in [1.29, 1.82) is 0 Å². The van der Waals surface area contributed by atoms with E-state index in [1.165, 1.54) is 5.82 Å². The van der Waals surface area contributed by atoms with Crippen LogP contribution in [0.25, 0.3) is 6.08 Å². The van der Waals surface area contributed by atoms with Crippen molar-refractivity contribution in [2.45, 2.75) is 32.9 Å². The maximum atomic E-state index is 12.5. The van der Waals surface area contributed by atoms with Crippen LogP contribution in [-0.2, 0) is 31.4 Å². The van der Waals surface area contributed by atoms with E-state index in [2.05, 4.69) is 0 Å². The molecule has 1 unspecified atom stereocenters. The summed E-state index contributed by atoms with van der Waals surface area (Å²) in [6.07, 6.45) is 0.430. The summed E-state index contributed by atoms with van der Waals surface area (Å²) in [5.74, 6) is 0.205. The quantitative estimate of drug-likeness (QED) is 0.694. The van der Waals surface area contributed by atoms with Crippen LogP contribution < -0.4 is 0 Å². The molecule has 0 spiro atoms. The van der Waals surface area contributed by atoms with Gasteiger partial charge >= 0.3 is 19.7 Å². The fraction of sp³-hybridized carbons (Fsp3) is 0.412. The molecule has 0 saturated carbocycles. The first-order valence-corrected chi connectivity index (χ1v) is 9.83. The van der Waals surface area contributed by atoms with Crippen LogP contribution in [0.5, 0.6) is 0 Å². The van der Waals surface area contributed by atoms with E-state index < -0.39 is 25.7 Å². The van der Waals surface area contributed by atoms with Gasteiger partial charge in [-0.05, 0) is 42.7 Å². The van der Waals surface area contributed by atoms with E-state index in [4.69, 9.17) is 9.05 Å². The van der Waals surface area contributed by atoms with E-state index in [0.717, 1.165) is 16.0 Å². The van der Waals surface area contributed by atoms with Crippen molar-refractivity contribution in [1.82, 2.24) is 4.90 Å². The zero-order chi connectivity index (χ0) is 19.3. The average Bonchev–Trinajstić information content (AvgIpc) is 2.59. The lowest BCUT2D eigenvalue weighted by molar-refractivity contribution is -0.143. The molecule has 9 heteroatoms. The molecule has 8 nitrogen and oxygen atoms in total. The second-order valence-corrected chi connectivity index (χ2v) is 7.58. The number of fused-ring (bicyclic) bond motifs is 1. The van der Waals surface area contributed by atoms with Crippen molar-refractivity contribution in [3.05, 3.63) is 40.7 Å². The second kappa shape index (κ2) is 8.49. The molecule has 0 bridgehead atoms. The fourth-order valence-electron chi connectivity index (χ4n) is 2.79. The Morgan fingerprint density at radius 2 is 1.88 bits per heavy atom. The molecule has 0 radical (unpaired) electrons. The van der Waals surface area contributed by atoms with Crippen LogP contribution in [-0.4, -0.2) is 46.4 Å². The number of hydrogen-bond donors (Lipinski definition) is 2. The number of amides is 1. The highest BCUT2D eigenvalue weighted by molar-refractivity contribution is 7.57. The minimum Gasteiger partial charge on any atom is -0.480 e. The van der Waals surface area contributed by atoms with Crippen molar-refractivity contribution in [3.8, 4) is 0 Å². The standard InChI is InChI=1S/C17H22NO7P/c1-3-24-26(23,25-4-2)8-7-12-5-6-13-10-15(16(19)20)18(17(21)22)11-14(13)9-12/h5-9,15H,3-4,10-11H2,1-2H3,(H,19,20)(H,21,22)/b8-7+. The van der Waals surface area contributed by atoms with Gasteiger partial charge in [-0.1, -0.05) is 12.1 Å². The van der Waals surface area contributed by atoms with Gasteiger partial charge in [0.15, 0.2) is 0 Å². The zero-order valence-electron chi connectivity index (χ0n) is 14.6. The largest absolute Gasteiger partial charge is 0.480 e. The van der Waals surface area contributed by atoms with E-state index in [1.54, 1.807) is 38.1 Å². The van der Waals surface area contributed by atoms with Crippen molar-refractivity contribution in [2.24, 2.45) is 0 Å². The Labute approximate surface area is 151 Å². The van der Waals surface area contributed by atoms with Gasteiger partial charge < -0.3 is 19.3 Å². The molecule has 1 amide bonds. The molecule has 26 heavy (non-hydrogen) atoms. The Bertz CT molecular complexity index is 751. The third kappa shape index (κ3) is 4.72. The van der Waals surface area contributed by atoms with Crippen LogP contribution in [0.15, 0.2) is 24.0 Å². The molecule has 1 aliphatic rings. The Kier molecular flexibility index (Phi) is 6.58. The van der Waals surface area contributed by atoms with Crippen LogP contribution in [0.1, 0.15) is 30.5 Å². The molecule has 1 aromatic carbocycles. The Morgan fingerprint density at radius 1 is 1.23 bits per heavy atom. The van der Waals surface area contributed by atoms with Gasteiger partial charge in [0.05, 0.1) is 19.8 Å². The molecule has 1 aliphatic heterocycles. The second-order valence-electron chi connectivity index (χ2n) is 5.69. The number of carbonyl (C=O) groups is 2. The molecule has 142 valence electrons. The minimum absolute atomic E-state index is 0.0160. The van der Waals surface area contributed by atoms with Gasteiger partial charge in [0.25, 0.3) is 0 Å². The first-order chi connectivity index (χ1) is 12.3. The van der Waals surface area contributed by atoms with Gasteiger partial charge in [0.1, 0.15) is 6.04 Å².